The third-order valence-electron chi connectivity index (χ3n) is 3.11. The summed E-state index contributed by atoms with van der Waals surface area (Å²) in [4.78, 5) is 16.3. The van der Waals surface area contributed by atoms with Crippen molar-refractivity contribution in [3.05, 3.63) is 45.4 Å². The summed E-state index contributed by atoms with van der Waals surface area (Å²) in [5.74, 6) is 0.0431. The Morgan fingerprint density at radius 1 is 1.32 bits per heavy atom. The van der Waals surface area contributed by atoms with Crippen LogP contribution >= 0.6 is 11.3 Å². The molecule has 0 aliphatic heterocycles. The van der Waals surface area contributed by atoms with Gasteiger partial charge in [0, 0.05) is 29.6 Å². The van der Waals surface area contributed by atoms with Crippen molar-refractivity contribution in [3.63, 3.8) is 0 Å². The number of amides is 1. The van der Waals surface area contributed by atoms with Gasteiger partial charge in [0.2, 0.25) is 5.91 Å². The molecule has 0 fully saturated rings. The van der Waals surface area contributed by atoms with Crippen molar-refractivity contribution in [1.29, 1.82) is 0 Å². The van der Waals surface area contributed by atoms with Gasteiger partial charge in [0.1, 0.15) is 0 Å². The summed E-state index contributed by atoms with van der Waals surface area (Å²) < 4.78 is 0. The van der Waals surface area contributed by atoms with Crippen LogP contribution in [0.15, 0.2) is 23.6 Å². The summed E-state index contributed by atoms with van der Waals surface area (Å²) in [5, 5.41) is 6.00. The summed E-state index contributed by atoms with van der Waals surface area (Å²) in [6, 6.07) is 5.94. The largest absolute Gasteiger partial charge is 0.326 e. The highest BCUT2D eigenvalue weighted by Gasteiger charge is 2.07. The minimum Gasteiger partial charge on any atom is -0.326 e. The van der Waals surface area contributed by atoms with E-state index in [0.717, 1.165) is 22.0 Å². The molecule has 0 aliphatic carbocycles. The number of hydrogen-bond donors (Lipinski definition) is 1. The highest BCUT2D eigenvalue weighted by atomic mass is 32.1. The van der Waals surface area contributed by atoms with Gasteiger partial charge in [-0.05, 0) is 38.0 Å². The molecule has 1 aromatic carbocycles. The number of benzene rings is 1. The van der Waals surface area contributed by atoms with E-state index in [1.54, 1.807) is 11.3 Å². The minimum absolute atomic E-state index is 0.0431. The van der Waals surface area contributed by atoms with Crippen molar-refractivity contribution in [2.45, 2.75) is 33.6 Å². The molecule has 1 amide bonds. The number of thiazole rings is 1. The van der Waals surface area contributed by atoms with Crippen LogP contribution in [0.5, 0.6) is 0 Å². The van der Waals surface area contributed by atoms with E-state index in [0.29, 0.717) is 12.8 Å². The van der Waals surface area contributed by atoms with Crippen molar-refractivity contribution in [1.82, 2.24) is 4.98 Å². The van der Waals surface area contributed by atoms with Gasteiger partial charge in [0.15, 0.2) is 0 Å². The maximum Gasteiger partial charge on any atom is 0.224 e. The molecule has 0 bridgehead atoms. The van der Waals surface area contributed by atoms with Gasteiger partial charge in [-0.15, -0.1) is 11.3 Å². The third kappa shape index (κ3) is 3.64. The number of nitrogens with zero attached hydrogens (tertiary/aromatic N) is 1. The SMILES string of the molecule is Cc1csc(CCC(=O)Nc2cccc(C)c2C)n1. The van der Waals surface area contributed by atoms with Gasteiger partial charge in [-0.1, -0.05) is 12.1 Å². The first-order valence-electron chi connectivity index (χ1n) is 6.33. The lowest BCUT2D eigenvalue weighted by molar-refractivity contribution is -0.116. The molecular weight excluding hydrogens is 256 g/mol. The number of hydrogen-bond acceptors (Lipinski definition) is 3. The molecule has 0 unspecified atom stereocenters. The van der Waals surface area contributed by atoms with Crippen molar-refractivity contribution in [2.75, 3.05) is 5.32 Å². The Morgan fingerprint density at radius 2 is 2.11 bits per heavy atom. The molecule has 2 aromatic rings. The number of carbonyl (C=O) groups excluding carboxylic acids is 1. The van der Waals surface area contributed by atoms with Gasteiger partial charge in [0.05, 0.1) is 5.01 Å². The first kappa shape index (κ1) is 13.7. The zero-order chi connectivity index (χ0) is 13.8. The maximum absolute atomic E-state index is 11.9. The van der Waals surface area contributed by atoms with Crippen LogP contribution in [0.4, 0.5) is 5.69 Å². The van der Waals surface area contributed by atoms with E-state index >= 15 is 0 Å². The number of nitrogens with one attached hydrogen (secondary N) is 1. The second kappa shape index (κ2) is 5.97. The van der Waals surface area contributed by atoms with Crippen LogP contribution < -0.4 is 5.32 Å². The van der Waals surface area contributed by atoms with Gasteiger partial charge >= 0.3 is 0 Å². The van der Waals surface area contributed by atoms with E-state index in [1.165, 1.54) is 5.56 Å². The predicted octanol–water partition coefficient (Wildman–Crippen LogP) is 3.64. The summed E-state index contributed by atoms with van der Waals surface area (Å²) >= 11 is 1.61. The monoisotopic (exact) mass is 274 g/mol. The number of anilines is 1. The first-order valence-corrected chi connectivity index (χ1v) is 7.21. The zero-order valence-electron chi connectivity index (χ0n) is 11.5. The van der Waals surface area contributed by atoms with Crippen LogP contribution in [0.2, 0.25) is 0 Å². The fraction of sp³-hybridized carbons (Fsp3) is 0.333. The van der Waals surface area contributed by atoms with Crippen LogP contribution in [-0.4, -0.2) is 10.9 Å². The van der Waals surface area contributed by atoms with Crippen LogP contribution in [-0.2, 0) is 11.2 Å². The summed E-state index contributed by atoms with van der Waals surface area (Å²) in [6.07, 6.45) is 1.18. The molecule has 1 N–H and O–H groups in total. The molecule has 1 heterocycles. The lowest BCUT2D eigenvalue weighted by Gasteiger charge is -2.09. The lowest BCUT2D eigenvalue weighted by atomic mass is 10.1. The molecule has 3 nitrogen and oxygen atoms in total. The van der Waals surface area contributed by atoms with E-state index in [2.05, 4.69) is 10.3 Å². The number of rotatable bonds is 4. The average molecular weight is 274 g/mol. The quantitative estimate of drug-likeness (QED) is 0.925. The molecule has 0 radical (unpaired) electrons. The molecule has 2 rings (SSSR count). The molecule has 0 aliphatic rings. The first-order chi connectivity index (χ1) is 9.06. The Morgan fingerprint density at radius 3 is 2.79 bits per heavy atom. The highest BCUT2D eigenvalue weighted by molar-refractivity contribution is 7.09. The van der Waals surface area contributed by atoms with E-state index in [4.69, 9.17) is 0 Å². The third-order valence-corrected chi connectivity index (χ3v) is 4.14. The topological polar surface area (TPSA) is 42.0 Å². The fourth-order valence-corrected chi connectivity index (χ4v) is 2.61. The Balaban J connectivity index is 1.92. The highest BCUT2D eigenvalue weighted by Crippen LogP contribution is 2.18. The van der Waals surface area contributed by atoms with Crippen molar-refractivity contribution >= 4 is 22.9 Å². The standard InChI is InChI=1S/C15H18N2OS/c1-10-5-4-6-13(12(10)3)17-14(18)7-8-15-16-11(2)9-19-15/h4-6,9H,7-8H2,1-3H3,(H,17,18). The molecule has 1 aromatic heterocycles. The molecule has 0 saturated heterocycles. The molecule has 100 valence electrons. The summed E-state index contributed by atoms with van der Waals surface area (Å²) in [6.45, 7) is 6.04. The summed E-state index contributed by atoms with van der Waals surface area (Å²) in [5.41, 5.74) is 4.24. The fourth-order valence-electron chi connectivity index (χ4n) is 1.84. The predicted molar refractivity (Wildman–Crippen MR) is 79.7 cm³/mol. The van der Waals surface area contributed by atoms with E-state index in [-0.39, 0.29) is 5.91 Å². The number of aryl methyl sites for hydroxylation is 3. The van der Waals surface area contributed by atoms with Crippen LogP contribution in [0.3, 0.4) is 0 Å². The van der Waals surface area contributed by atoms with Gasteiger partial charge in [-0.2, -0.15) is 0 Å². The molecule has 4 heteroatoms. The van der Waals surface area contributed by atoms with Crippen LogP contribution in [0, 0.1) is 20.8 Å². The number of carbonyl (C=O) groups is 1. The Labute approximate surface area is 117 Å². The Bertz CT molecular complexity index is 590. The maximum atomic E-state index is 11.9. The van der Waals surface area contributed by atoms with Gasteiger partial charge in [-0.25, -0.2) is 4.98 Å². The zero-order valence-corrected chi connectivity index (χ0v) is 12.3. The lowest BCUT2D eigenvalue weighted by Crippen LogP contribution is -2.13. The van der Waals surface area contributed by atoms with E-state index < -0.39 is 0 Å². The normalized spacial score (nSPS) is 10.5. The van der Waals surface area contributed by atoms with Gasteiger partial charge in [-0.3, -0.25) is 4.79 Å². The van der Waals surface area contributed by atoms with Crippen molar-refractivity contribution < 1.29 is 4.79 Å². The minimum atomic E-state index is 0.0431. The second-order valence-corrected chi connectivity index (χ2v) is 5.62. The molecule has 19 heavy (non-hydrogen) atoms. The Kier molecular flexibility index (Phi) is 4.32. The molecule has 0 saturated carbocycles. The van der Waals surface area contributed by atoms with Gasteiger partial charge < -0.3 is 5.32 Å². The van der Waals surface area contributed by atoms with Crippen molar-refractivity contribution in [2.24, 2.45) is 0 Å². The molecular formula is C15H18N2OS. The summed E-state index contributed by atoms with van der Waals surface area (Å²) in [7, 11) is 0. The average Bonchev–Trinajstić information content (AvgIpc) is 2.78. The molecule has 0 atom stereocenters. The van der Waals surface area contributed by atoms with E-state index in [1.807, 2.05) is 44.4 Å². The van der Waals surface area contributed by atoms with Gasteiger partial charge in [0.25, 0.3) is 0 Å². The van der Waals surface area contributed by atoms with Crippen molar-refractivity contribution in [3.8, 4) is 0 Å². The van der Waals surface area contributed by atoms with Crippen LogP contribution in [0.25, 0.3) is 0 Å². The number of aromatic nitrogens is 1. The van der Waals surface area contributed by atoms with Crippen LogP contribution in [0.1, 0.15) is 28.2 Å². The molecule has 0 spiro atoms. The van der Waals surface area contributed by atoms with E-state index in [9.17, 15) is 4.79 Å². The smallest absolute Gasteiger partial charge is 0.224 e. The second-order valence-electron chi connectivity index (χ2n) is 4.68. The Hall–Kier alpha value is -1.68.